The molecule has 0 spiro atoms. The number of amides is 1. The Hall–Kier alpha value is -3.33. The molecule has 0 saturated carbocycles. The van der Waals surface area contributed by atoms with Crippen LogP contribution in [0.2, 0.25) is 0 Å². The van der Waals surface area contributed by atoms with Crippen LogP contribution in [0, 0.1) is 0 Å². The zero-order chi connectivity index (χ0) is 21.7. The van der Waals surface area contributed by atoms with E-state index in [9.17, 15) is 9.59 Å². The highest BCUT2D eigenvalue weighted by Crippen LogP contribution is 2.34. The molecule has 0 N–H and O–H groups in total. The van der Waals surface area contributed by atoms with E-state index in [0.717, 1.165) is 35.9 Å². The first kappa shape index (κ1) is 19.4. The fourth-order valence-corrected chi connectivity index (χ4v) is 6.00. The third kappa shape index (κ3) is 3.07. The van der Waals surface area contributed by atoms with Crippen molar-refractivity contribution >= 4 is 39.1 Å². The van der Waals surface area contributed by atoms with Crippen LogP contribution in [0.1, 0.15) is 33.6 Å². The van der Waals surface area contributed by atoms with E-state index in [0.29, 0.717) is 43.3 Å². The minimum absolute atomic E-state index is 0.0647. The van der Waals surface area contributed by atoms with E-state index >= 15 is 0 Å². The Morgan fingerprint density at radius 1 is 1.00 bits per heavy atom. The molecule has 4 aromatic heterocycles. The lowest BCUT2D eigenvalue weighted by Gasteiger charge is -2.34. The van der Waals surface area contributed by atoms with Crippen LogP contribution in [0.3, 0.4) is 0 Å². The van der Waals surface area contributed by atoms with Crippen LogP contribution in [-0.4, -0.2) is 56.3 Å². The van der Waals surface area contributed by atoms with Crippen molar-refractivity contribution in [3.05, 3.63) is 63.1 Å². The van der Waals surface area contributed by atoms with Crippen molar-refractivity contribution in [1.29, 1.82) is 0 Å². The number of carbonyl (C=O) groups excluding carboxylic acids is 1. The minimum Gasteiger partial charge on any atom is -0.337 e. The van der Waals surface area contributed by atoms with Crippen molar-refractivity contribution in [2.45, 2.75) is 25.7 Å². The fourth-order valence-electron chi connectivity index (χ4n) is 4.75. The number of nitrogens with zero attached hydrogens (tertiary/aromatic N) is 6. The van der Waals surface area contributed by atoms with Crippen LogP contribution in [-0.2, 0) is 12.8 Å². The topological polar surface area (TPSA) is 83.7 Å². The van der Waals surface area contributed by atoms with E-state index in [2.05, 4.69) is 14.9 Å². The van der Waals surface area contributed by atoms with Gasteiger partial charge < -0.3 is 9.80 Å². The highest BCUT2D eigenvalue weighted by Gasteiger charge is 2.26. The van der Waals surface area contributed by atoms with Crippen molar-refractivity contribution in [1.82, 2.24) is 24.3 Å². The number of aryl methyl sites for hydroxylation is 2. The summed E-state index contributed by atoms with van der Waals surface area (Å²) in [5, 5.41) is 0.739. The summed E-state index contributed by atoms with van der Waals surface area (Å²) < 4.78 is 1.55. The third-order valence-electron chi connectivity index (χ3n) is 6.39. The number of aromatic nitrogens is 4. The predicted molar refractivity (Wildman–Crippen MR) is 124 cm³/mol. The Kier molecular flexibility index (Phi) is 4.64. The zero-order valence-corrected chi connectivity index (χ0v) is 18.3. The molecule has 0 atom stereocenters. The molecule has 4 aromatic rings. The van der Waals surface area contributed by atoms with E-state index in [-0.39, 0.29) is 11.5 Å². The predicted octanol–water partition coefficient (Wildman–Crippen LogP) is 2.54. The number of thiophene rings is 1. The molecule has 0 bridgehead atoms. The number of pyridine rings is 1. The SMILES string of the molecule is O=C(c1cccn2c(=O)c3c4c(sc3nc12)CCCC4)N1CCN(c2ncccn2)CC1. The van der Waals surface area contributed by atoms with Crippen molar-refractivity contribution in [3.8, 4) is 0 Å². The van der Waals surface area contributed by atoms with Crippen LogP contribution in [0.4, 0.5) is 5.95 Å². The van der Waals surface area contributed by atoms with Crippen LogP contribution < -0.4 is 10.5 Å². The summed E-state index contributed by atoms with van der Waals surface area (Å²) in [7, 11) is 0. The molecule has 0 aromatic carbocycles. The summed E-state index contributed by atoms with van der Waals surface area (Å²) in [6.07, 6.45) is 9.39. The number of rotatable bonds is 2. The standard InChI is InChI=1S/C23H22N6O2S/c30-21(27-11-13-28(14-12-27)23-24-8-4-9-25-23)16-6-3-10-29-19(16)26-20-18(22(29)31)15-5-1-2-7-17(15)32-20/h3-4,6,8-10H,1-2,5,7,11-14H2. The maximum atomic E-state index is 13.4. The largest absolute Gasteiger partial charge is 0.337 e. The molecule has 6 rings (SSSR count). The zero-order valence-electron chi connectivity index (χ0n) is 17.5. The summed E-state index contributed by atoms with van der Waals surface area (Å²) in [5.41, 5.74) is 2.02. The lowest BCUT2D eigenvalue weighted by molar-refractivity contribution is 0.0747. The maximum Gasteiger partial charge on any atom is 0.266 e. The summed E-state index contributed by atoms with van der Waals surface area (Å²) in [6, 6.07) is 5.33. The molecule has 1 amide bonds. The molecule has 0 radical (unpaired) electrons. The first-order chi connectivity index (χ1) is 15.7. The Morgan fingerprint density at radius 3 is 2.59 bits per heavy atom. The maximum absolute atomic E-state index is 13.4. The number of anilines is 1. The highest BCUT2D eigenvalue weighted by molar-refractivity contribution is 7.18. The van der Waals surface area contributed by atoms with Crippen LogP contribution in [0.5, 0.6) is 0 Å². The van der Waals surface area contributed by atoms with Gasteiger partial charge in [0, 0.05) is 49.6 Å². The normalized spacial score (nSPS) is 16.5. The van der Waals surface area contributed by atoms with Gasteiger partial charge in [-0.25, -0.2) is 15.0 Å². The van der Waals surface area contributed by atoms with Gasteiger partial charge in [0.2, 0.25) is 5.95 Å². The molecular weight excluding hydrogens is 424 g/mol. The van der Waals surface area contributed by atoms with Crippen molar-refractivity contribution < 1.29 is 4.79 Å². The highest BCUT2D eigenvalue weighted by atomic mass is 32.1. The second kappa shape index (κ2) is 7.67. The molecule has 0 unspecified atom stereocenters. The van der Waals surface area contributed by atoms with Gasteiger partial charge in [-0.2, -0.15) is 0 Å². The molecule has 1 saturated heterocycles. The number of hydrogen-bond acceptors (Lipinski definition) is 7. The fraction of sp³-hybridized carbons (Fsp3) is 0.348. The van der Waals surface area contributed by atoms with Crippen molar-refractivity contribution in [2.75, 3.05) is 31.1 Å². The van der Waals surface area contributed by atoms with Crippen LogP contribution in [0.25, 0.3) is 15.9 Å². The molecule has 32 heavy (non-hydrogen) atoms. The van der Waals surface area contributed by atoms with Crippen molar-refractivity contribution in [2.24, 2.45) is 0 Å². The number of carbonyl (C=O) groups is 1. The number of piperazine rings is 1. The van der Waals surface area contributed by atoms with Gasteiger partial charge in [-0.1, -0.05) is 0 Å². The molecular formula is C23H22N6O2S. The molecule has 8 nitrogen and oxygen atoms in total. The Balaban J connectivity index is 1.35. The Bertz CT molecular complexity index is 1390. The van der Waals surface area contributed by atoms with Crippen molar-refractivity contribution in [3.63, 3.8) is 0 Å². The lowest BCUT2D eigenvalue weighted by atomic mass is 9.97. The average Bonchev–Trinajstić information content (AvgIpc) is 3.23. The second-order valence-corrected chi connectivity index (χ2v) is 9.34. The van der Waals surface area contributed by atoms with Gasteiger partial charge in [-0.3, -0.25) is 14.0 Å². The van der Waals surface area contributed by atoms with Gasteiger partial charge in [0.1, 0.15) is 4.83 Å². The van der Waals surface area contributed by atoms with Crippen LogP contribution in [0.15, 0.2) is 41.6 Å². The smallest absolute Gasteiger partial charge is 0.266 e. The quantitative estimate of drug-likeness (QED) is 0.471. The van der Waals surface area contributed by atoms with Gasteiger partial charge in [-0.15, -0.1) is 11.3 Å². The van der Waals surface area contributed by atoms with E-state index in [1.54, 1.807) is 52.5 Å². The van der Waals surface area contributed by atoms with Gasteiger partial charge in [-0.05, 0) is 49.4 Å². The first-order valence-corrected chi connectivity index (χ1v) is 11.8. The average molecular weight is 447 g/mol. The van der Waals surface area contributed by atoms with Gasteiger partial charge in [0.05, 0.1) is 10.9 Å². The molecule has 1 aliphatic heterocycles. The molecule has 5 heterocycles. The van der Waals surface area contributed by atoms with Gasteiger partial charge in [0.15, 0.2) is 5.65 Å². The molecule has 1 fully saturated rings. The summed E-state index contributed by atoms with van der Waals surface area (Å²) in [6.45, 7) is 2.46. The molecule has 162 valence electrons. The Morgan fingerprint density at radius 2 is 1.78 bits per heavy atom. The molecule has 2 aliphatic rings. The Labute approximate surface area is 188 Å². The number of fused-ring (bicyclic) bond motifs is 4. The van der Waals surface area contributed by atoms with E-state index < -0.39 is 0 Å². The molecule has 1 aliphatic carbocycles. The van der Waals surface area contributed by atoms with E-state index in [1.165, 1.54) is 10.4 Å². The monoisotopic (exact) mass is 446 g/mol. The third-order valence-corrected chi connectivity index (χ3v) is 7.58. The summed E-state index contributed by atoms with van der Waals surface area (Å²) in [5.74, 6) is 0.589. The summed E-state index contributed by atoms with van der Waals surface area (Å²) in [4.78, 5) is 46.1. The lowest BCUT2D eigenvalue weighted by Crippen LogP contribution is -2.49. The minimum atomic E-state index is -0.0932. The number of hydrogen-bond donors (Lipinski definition) is 0. The van der Waals surface area contributed by atoms with Crippen LogP contribution >= 0.6 is 11.3 Å². The van der Waals surface area contributed by atoms with E-state index in [4.69, 9.17) is 4.98 Å². The second-order valence-electron chi connectivity index (χ2n) is 8.25. The van der Waals surface area contributed by atoms with Gasteiger partial charge >= 0.3 is 0 Å². The first-order valence-electron chi connectivity index (χ1n) is 11.0. The summed E-state index contributed by atoms with van der Waals surface area (Å²) >= 11 is 1.61. The van der Waals surface area contributed by atoms with Gasteiger partial charge in [0.25, 0.3) is 11.5 Å². The molecule has 9 heteroatoms. The van der Waals surface area contributed by atoms with E-state index in [1.807, 2.05) is 4.90 Å².